The first-order valence-electron chi connectivity index (χ1n) is 8.12. The monoisotopic (exact) mass is 327 g/mol. The Hall–Kier alpha value is -2.56. The molecule has 0 spiro atoms. The summed E-state index contributed by atoms with van der Waals surface area (Å²) in [6.07, 6.45) is 3.39. The number of nitrogens with zero attached hydrogens (tertiary/aromatic N) is 2. The highest BCUT2D eigenvalue weighted by Gasteiger charge is 2.18. The number of urea groups is 1. The standard InChI is InChI=1S/C19H25N3O2/c1-14-8-5-6-10-18(14)24-15(2)12-21-19(23)22(4)16(3)17-9-7-11-20-13-17/h5-11,13,15-16H,12H2,1-4H3,(H,21,23)/t15-,16+/m0/s1. The zero-order valence-corrected chi connectivity index (χ0v) is 14.7. The van der Waals surface area contributed by atoms with Crippen LogP contribution in [-0.2, 0) is 0 Å². The number of benzene rings is 1. The number of ether oxygens (including phenoxy) is 1. The van der Waals surface area contributed by atoms with Gasteiger partial charge < -0.3 is 15.0 Å². The molecule has 24 heavy (non-hydrogen) atoms. The van der Waals surface area contributed by atoms with Crippen LogP contribution in [0.3, 0.4) is 0 Å². The van der Waals surface area contributed by atoms with E-state index in [1.807, 2.05) is 57.2 Å². The Morgan fingerprint density at radius 2 is 2.00 bits per heavy atom. The van der Waals surface area contributed by atoms with E-state index < -0.39 is 0 Å². The molecule has 0 aliphatic carbocycles. The van der Waals surface area contributed by atoms with E-state index in [1.165, 1.54) is 0 Å². The second kappa shape index (κ2) is 8.34. The molecule has 0 fully saturated rings. The fourth-order valence-corrected chi connectivity index (χ4v) is 2.33. The molecule has 0 radical (unpaired) electrons. The number of rotatable bonds is 6. The zero-order chi connectivity index (χ0) is 17.5. The number of hydrogen-bond donors (Lipinski definition) is 1. The first kappa shape index (κ1) is 17.8. The van der Waals surface area contributed by atoms with E-state index in [0.29, 0.717) is 6.54 Å². The minimum atomic E-state index is -0.133. The molecule has 0 saturated carbocycles. The lowest BCUT2D eigenvalue weighted by molar-refractivity contribution is 0.179. The molecule has 2 aromatic rings. The molecule has 1 aromatic heterocycles. The number of hydrogen-bond acceptors (Lipinski definition) is 3. The Balaban J connectivity index is 1.85. The second-order valence-corrected chi connectivity index (χ2v) is 5.95. The summed E-state index contributed by atoms with van der Waals surface area (Å²) in [6, 6.07) is 11.5. The highest BCUT2D eigenvalue weighted by Crippen LogP contribution is 2.18. The van der Waals surface area contributed by atoms with Crippen molar-refractivity contribution in [3.63, 3.8) is 0 Å². The molecule has 1 aromatic carbocycles. The van der Waals surface area contributed by atoms with Crippen LogP contribution in [0.5, 0.6) is 5.75 Å². The van der Waals surface area contributed by atoms with Gasteiger partial charge in [0.2, 0.25) is 0 Å². The summed E-state index contributed by atoms with van der Waals surface area (Å²) in [4.78, 5) is 18.1. The Morgan fingerprint density at radius 3 is 2.67 bits per heavy atom. The molecule has 0 aliphatic heterocycles. The molecule has 2 atom stereocenters. The van der Waals surface area contributed by atoms with Crippen LogP contribution in [-0.4, -0.2) is 35.6 Å². The van der Waals surface area contributed by atoms with Crippen LogP contribution in [0.1, 0.15) is 31.0 Å². The van der Waals surface area contributed by atoms with E-state index in [9.17, 15) is 4.79 Å². The molecule has 1 heterocycles. The number of aromatic nitrogens is 1. The first-order valence-corrected chi connectivity index (χ1v) is 8.12. The average Bonchev–Trinajstić information content (AvgIpc) is 2.61. The first-order chi connectivity index (χ1) is 11.5. The smallest absolute Gasteiger partial charge is 0.317 e. The molecule has 0 unspecified atom stereocenters. The fourth-order valence-electron chi connectivity index (χ4n) is 2.33. The molecule has 0 bridgehead atoms. The summed E-state index contributed by atoms with van der Waals surface area (Å²) in [6.45, 7) is 6.36. The van der Waals surface area contributed by atoms with Crippen LogP contribution in [0, 0.1) is 6.92 Å². The lowest BCUT2D eigenvalue weighted by atomic mass is 10.1. The largest absolute Gasteiger partial charge is 0.489 e. The van der Waals surface area contributed by atoms with Crippen molar-refractivity contribution in [1.82, 2.24) is 15.2 Å². The maximum atomic E-state index is 12.3. The predicted molar refractivity (Wildman–Crippen MR) is 95.1 cm³/mol. The van der Waals surface area contributed by atoms with Gasteiger partial charge in [0.25, 0.3) is 0 Å². The topological polar surface area (TPSA) is 54.5 Å². The van der Waals surface area contributed by atoms with Crippen molar-refractivity contribution in [2.24, 2.45) is 0 Å². The quantitative estimate of drug-likeness (QED) is 0.882. The zero-order valence-electron chi connectivity index (χ0n) is 14.7. The lowest BCUT2D eigenvalue weighted by Crippen LogP contribution is -2.42. The van der Waals surface area contributed by atoms with E-state index in [1.54, 1.807) is 24.3 Å². The van der Waals surface area contributed by atoms with Gasteiger partial charge in [0.05, 0.1) is 12.6 Å². The number of aryl methyl sites for hydroxylation is 1. The molecular weight excluding hydrogens is 302 g/mol. The predicted octanol–water partition coefficient (Wildman–Crippen LogP) is 3.56. The van der Waals surface area contributed by atoms with Gasteiger partial charge in [-0.25, -0.2) is 4.79 Å². The number of nitrogens with one attached hydrogen (secondary N) is 1. The molecule has 5 heteroatoms. The maximum Gasteiger partial charge on any atom is 0.317 e. The number of carbonyl (C=O) groups excluding carboxylic acids is 1. The highest BCUT2D eigenvalue weighted by molar-refractivity contribution is 5.74. The van der Waals surface area contributed by atoms with E-state index >= 15 is 0 Å². The third kappa shape index (κ3) is 4.72. The van der Waals surface area contributed by atoms with Gasteiger partial charge in [-0.2, -0.15) is 0 Å². The van der Waals surface area contributed by atoms with Gasteiger partial charge in [-0.3, -0.25) is 4.98 Å². The number of para-hydroxylation sites is 1. The van der Waals surface area contributed by atoms with Crippen LogP contribution in [0.2, 0.25) is 0 Å². The molecular formula is C19H25N3O2. The van der Waals surface area contributed by atoms with E-state index in [4.69, 9.17) is 4.74 Å². The number of pyridine rings is 1. The summed E-state index contributed by atoms with van der Waals surface area (Å²) >= 11 is 0. The van der Waals surface area contributed by atoms with Gasteiger partial charge >= 0.3 is 6.03 Å². The van der Waals surface area contributed by atoms with Crippen molar-refractivity contribution >= 4 is 6.03 Å². The number of carbonyl (C=O) groups is 1. The van der Waals surface area contributed by atoms with Crippen molar-refractivity contribution in [3.8, 4) is 5.75 Å². The van der Waals surface area contributed by atoms with Crippen LogP contribution < -0.4 is 10.1 Å². The summed E-state index contributed by atoms with van der Waals surface area (Å²) in [5, 5.41) is 2.91. The minimum Gasteiger partial charge on any atom is -0.489 e. The maximum absolute atomic E-state index is 12.3. The van der Waals surface area contributed by atoms with E-state index in [-0.39, 0.29) is 18.2 Å². The van der Waals surface area contributed by atoms with Gasteiger partial charge in [0.15, 0.2) is 0 Å². The molecule has 0 aliphatic rings. The Bertz CT molecular complexity index is 661. The molecule has 0 saturated heterocycles. The van der Waals surface area contributed by atoms with Crippen molar-refractivity contribution in [3.05, 3.63) is 59.9 Å². The van der Waals surface area contributed by atoms with Crippen LogP contribution in [0.4, 0.5) is 4.79 Å². The summed E-state index contributed by atoms with van der Waals surface area (Å²) in [7, 11) is 1.78. The Labute approximate surface area is 143 Å². The normalized spacial score (nSPS) is 13.0. The lowest BCUT2D eigenvalue weighted by Gasteiger charge is -2.26. The van der Waals surface area contributed by atoms with Gasteiger partial charge in [0, 0.05) is 19.4 Å². The third-order valence-electron chi connectivity index (χ3n) is 4.03. The Kier molecular flexibility index (Phi) is 6.18. The van der Waals surface area contributed by atoms with Crippen molar-refractivity contribution < 1.29 is 9.53 Å². The highest BCUT2D eigenvalue weighted by atomic mass is 16.5. The SMILES string of the molecule is Cc1ccccc1O[C@@H](C)CNC(=O)N(C)[C@H](C)c1cccnc1. The molecule has 2 amide bonds. The van der Waals surface area contributed by atoms with Crippen molar-refractivity contribution in [1.29, 1.82) is 0 Å². The fraction of sp³-hybridized carbons (Fsp3) is 0.368. The molecule has 1 N–H and O–H groups in total. The van der Waals surface area contributed by atoms with Gasteiger partial charge in [-0.15, -0.1) is 0 Å². The number of amides is 2. The van der Waals surface area contributed by atoms with Gasteiger partial charge in [0.1, 0.15) is 11.9 Å². The summed E-state index contributed by atoms with van der Waals surface area (Å²) in [5.41, 5.74) is 2.08. The summed E-state index contributed by atoms with van der Waals surface area (Å²) < 4.78 is 5.88. The van der Waals surface area contributed by atoms with Gasteiger partial charge in [-0.05, 0) is 44.0 Å². The third-order valence-corrected chi connectivity index (χ3v) is 4.03. The van der Waals surface area contributed by atoms with Crippen molar-refractivity contribution in [2.75, 3.05) is 13.6 Å². The van der Waals surface area contributed by atoms with E-state index in [0.717, 1.165) is 16.9 Å². The van der Waals surface area contributed by atoms with Crippen LogP contribution in [0.15, 0.2) is 48.8 Å². The average molecular weight is 327 g/mol. The second-order valence-electron chi connectivity index (χ2n) is 5.95. The van der Waals surface area contributed by atoms with Gasteiger partial charge in [-0.1, -0.05) is 24.3 Å². The van der Waals surface area contributed by atoms with Crippen LogP contribution >= 0.6 is 0 Å². The Morgan fingerprint density at radius 1 is 1.25 bits per heavy atom. The summed E-state index contributed by atoms with van der Waals surface area (Å²) in [5.74, 6) is 0.844. The van der Waals surface area contributed by atoms with Crippen molar-refractivity contribution in [2.45, 2.75) is 32.9 Å². The molecule has 128 valence electrons. The minimum absolute atomic E-state index is 0.0497. The molecule has 5 nitrogen and oxygen atoms in total. The van der Waals surface area contributed by atoms with Crippen LogP contribution in [0.25, 0.3) is 0 Å². The molecule has 2 rings (SSSR count). The van der Waals surface area contributed by atoms with E-state index in [2.05, 4.69) is 10.3 Å².